The largest absolute Gasteiger partial charge is 0.467 e. The molecule has 1 heterocycles. The highest BCUT2D eigenvalue weighted by atomic mass is 28.4. The minimum atomic E-state index is -2.34. The van der Waals surface area contributed by atoms with Crippen molar-refractivity contribution in [3.05, 3.63) is 0 Å². The zero-order valence-corrected chi connectivity index (χ0v) is 24.7. The lowest BCUT2D eigenvalue weighted by atomic mass is 9.98. The van der Waals surface area contributed by atoms with Gasteiger partial charge in [-0.25, -0.2) is 4.79 Å². The van der Waals surface area contributed by atoms with Gasteiger partial charge < -0.3 is 37.6 Å². The maximum absolute atomic E-state index is 12.6. The second-order valence-electron chi connectivity index (χ2n) is 10.3. The number of hydrogen-bond acceptors (Lipinski definition) is 13. The molecule has 0 N–H and O–H groups in total. The van der Waals surface area contributed by atoms with Gasteiger partial charge >= 0.3 is 29.8 Å². The molecule has 0 amide bonds. The summed E-state index contributed by atoms with van der Waals surface area (Å²) in [5.74, 6) is -3.80. The van der Waals surface area contributed by atoms with E-state index in [0.29, 0.717) is 0 Å². The molecule has 6 atom stereocenters. The standard InChI is InChI=1S/C24H40O13Si/c1-13(25)31-11-17-19(33-14(2)26)20(34-15(3)27)21(35-16(4)28)23(36-17)37-18(22(29)30-8)12-32-38(9,10)24(5,6)7/h17-21,23H,11-12H2,1-10H3/t17-,18+,19-,20+,21+,23-/m1/s1. The summed E-state index contributed by atoms with van der Waals surface area (Å²) in [5, 5.41) is -0.178. The van der Waals surface area contributed by atoms with Crippen LogP contribution in [-0.4, -0.2) is 95.3 Å². The SMILES string of the molecule is COC(=O)[C@H](CO[Si](C)(C)C(C)(C)C)O[C@H]1O[C@H](COC(C)=O)[C@@H](OC(C)=O)[C@H](OC(C)=O)[C@@H]1OC(C)=O. The summed E-state index contributed by atoms with van der Waals surface area (Å²) in [6.07, 6.45) is -8.35. The highest BCUT2D eigenvalue weighted by Gasteiger charge is 2.54. The van der Waals surface area contributed by atoms with Crippen molar-refractivity contribution in [1.29, 1.82) is 0 Å². The summed E-state index contributed by atoms with van der Waals surface area (Å²) in [5.41, 5.74) is 0. The summed E-state index contributed by atoms with van der Waals surface area (Å²) in [6.45, 7) is 13.9. The third-order valence-corrected chi connectivity index (χ3v) is 10.6. The van der Waals surface area contributed by atoms with Crippen molar-refractivity contribution >= 4 is 38.2 Å². The molecule has 1 fully saturated rings. The number of esters is 5. The quantitative estimate of drug-likeness (QED) is 0.203. The Labute approximate surface area is 223 Å². The predicted octanol–water partition coefficient (Wildman–Crippen LogP) is 1.65. The van der Waals surface area contributed by atoms with E-state index in [2.05, 4.69) is 0 Å². The summed E-state index contributed by atoms with van der Waals surface area (Å²) < 4.78 is 43.9. The molecule has 1 aliphatic heterocycles. The molecule has 0 bridgehead atoms. The lowest BCUT2D eigenvalue weighted by Gasteiger charge is -2.44. The minimum absolute atomic E-state index is 0.178. The van der Waals surface area contributed by atoms with Crippen LogP contribution in [-0.2, 0) is 61.6 Å². The Kier molecular flexibility index (Phi) is 12.3. The molecule has 1 rings (SSSR count). The van der Waals surface area contributed by atoms with Crippen molar-refractivity contribution in [2.75, 3.05) is 20.3 Å². The van der Waals surface area contributed by atoms with Crippen molar-refractivity contribution in [1.82, 2.24) is 0 Å². The maximum Gasteiger partial charge on any atom is 0.337 e. The average Bonchev–Trinajstić information content (AvgIpc) is 2.76. The Morgan fingerprint density at radius 1 is 0.816 bits per heavy atom. The van der Waals surface area contributed by atoms with E-state index in [-0.39, 0.29) is 11.6 Å². The molecule has 0 saturated carbocycles. The van der Waals surface area contributed by atoms with Crippen molar-refractivity contribution in [2.24, 2.45) is 0 Å². The predicted molar refractivity (Wildman–Crippen MR) is 132 cm³/mol. The molecule has 1 aliphatic rings. The molecule has 218 valence electrons. The fourth-order valence-corrected chi connectivity index (χ4v) is 4.26. The lowest BCUT2D eigenvalue weighted by molar-refractivity contribution is -0.316. The van der Waals surface area contributed by atoms with Crippen molar-refractivity contribution < 1.29 is 61.6 Å². The molecule has 0 aliphatic carbocycles. The molecule has 0 aromatic rings. The van der Waals surface area contributed by atoms with Gasteiger partial charge in [0.15, 0.2) is 39.0 Å². The van der Waals surface area contributed by atoms with Gasteiger partial charge in [0.1, 0.15) is 12.7 Å². The van der Waals surface area contributed by atoms with Crippen molar-refractivity contribution in [2.45, 2.75) is 103 Å². The first-order chi connectivity index (χ1) is 17.4. The first-order valence-electron chi connectivity index (χ1n) is 12.1. The first-order valence-corrected chi connectivity index (χ1v) is 15.0. The fourth-order valence-electron chi connectivity index (χ4n) is 3.26. The van der Waals surface area contributed by atoms with Crippen LogP contribution in [0.1, 0.15) is 48.5 Å². The van der Waals surface area contributed by atoms with Gasteiger partial charge in [-0.1, -0.05) is 20.8 Å². The van der Waals surface area contributed by atoms with Crippen LogP contribution in [0.4, 0.5) is 0 Å². The van der Waals surface area contributed by atoms with E-state index in [1.165, 1.54) is 0 Å². The van der Waals surface area contributed by atoms with Gasteiger partial charge in [0.05, 0.1) is 13.7 Å². The van der Waals surface area contributed by atoms with Crippen LogP contribution in [0.3, 0.4) is 0 Å². The highest BCUT2D eigenvalue weighted by Crippen LogP contribution is 2.37. The van der Waals surface area contributed by atoms with E-state index in [1.54, 1.807) is 0 Å². The number of methoxy groups -OCH3 is 1. The molecular formula is C24H40O13Si. The Morgan fingerprint density at radius 3 is 1.76 bits per heavy atom. The number of hydrogen-bond donors (Lipinski definition) is 0. The first kappa shape index (κ1) is 33.5. The minimum Gasteiger partial charge on any atom is -0.467 e. The molecule has 0 aromatic carbocycles. The molecule has 13 nitrogen and oxygen atoms in total. The highest BCUT2D eigenvalue weighted by molar-refractivity contribution is 6.74. The van der Waals surface area contributed by atoms with Crippen molar-refractivity contribution in [3.8, 4) is 0 Å². The van der Waals surface area contributed by atoms with Gasteiger partial charge in [-0.3, -0.25) is 19.2 Å². The second-order valence-corrected chi connectivity index (χ2v) is 15.1. The molecule has 0 spiro atoms. The van der Waals surface area contributed by atoms with Crippen LogP contribution < -0.4 is 0 Å². The van der Waals surface area contributed by atoms with E-state index < -0.39 is 81.6 Å². The summed E-state index contributed by atoms with van der Waals surface area (Å²) >= 11 is 0. The van der Waals surface area contributed by atoms with Gasteiger partial charge in [0, 0.05) is 27.7 Å². The van der Waals surface area contributed by atoms with Crippen LogP contribution >= 0.6 is 0 Å². The van der Waals surface area contributed by atoms with E-state index in [0.717, 1.165) is 34.8 Å². The lowest BCUT2D eigenvalue weighted by Crippen LogP contribution is -2.63. The van der Waals surface area contributed by atoms with E-state index in [1.807, 2.05) is 33.9 Å². The molecule has 14 heteroatoms. The monoisotopic (exact) mass is 564 g/mol. The number of ether oxygens (including phenoxy) is 7. The summed E-state index contributed by atoms with van der Waals surface area (Å²) in [6, 6.07) is 0. The van der Waals surface area contributed by atoms with Gasteiger partial charge in [-0.15, -0.1) is 0 Å². The van der Waals surface area contributed by atoms with E-state index >= 15 is 0 Å². The third kappa shape index (κ3) is 9.96. The van der Waals surface area contributed by atoms with Gasteiger partial charge in [-0.05, 0) is 18.1 Å². The molecule has 0 radical (unpaired) electrons. The molecule has 1 saturated heterocycles. The molecule has 38 heavy (non-hydrogen) atoms. The Balaban J connectivity index is 3.46. The third-order valence-electron chi connectivity index (χ3n) is 6.11. The fraction of sp³-hybridized carbons (Fsp3) is 0.792. The zero-order valence-electron chi connectivity index (χ0n) is 23.7. The van der Waals surface area contributed by atoms with E-state index in [4.69, 9.17) is 37.6 Å². The number of carbonyl (C=O) groups is 5. The van der Waals surface area contributed by atoms with Crippen molar-refractivity contribution in [3.63, 3.8) is 0 Å². The number of carbonyl (C=O) groups excluding carboxylic acids is 5. The number of rotatable bonds is 11. The Hall–Kier alpha value is -2.55. The smallest absolute Gasteiger partial charge is 0.337 e. The van der Waals surface area contributed by atoms with Gasteiger partial charge in [-0.2, -0.15) is 0 Å². The topological polar surface area (TPSA) is 159 Å². The van der Waals surface area contributed by atoms with Crippen LogP contribution in [0.2, 0.25) is 18.1 Å². The van der Waals surface area contributed by atoms with E-state index in [9.17, 15) is 24.0 Å². The Morgan fingerprint density at radius 2 is 1.32 bits per heavy atom. The van der Waals surface area contributed by atoms with Crippen LogP contribution in [0.5, 0.6) is 0 Å². The zero-order chi connectivity index (χ0) is 29.4. The Bertz CT molecular complexity index is 866. The van der Waals surface area contributed by atoms with Crippen LogP contribution in [0, 0.1) is 0 Å². The molecule has 0 unspecified atom stereocenters. The summed E-state index contributed by atoms with van der Waals surface area (Å²) in [4.78, 5) is 60.0. The maximum atomic E-state index is 12.6. The molecule has 0 aromatic heterocycles. The van der Waals surface area contributed by atoms with Crippen LogP contribution in [0.25, 0.3) is 0 Å². The second kappa shape index (κ2) is 14.0. The van der Waals surface area contributed by atoms with Gasteiger partial charge in [0.25, 0.3) is 0 Å². The van der Waals surface area contributed by atoms with Crippen LogP contribution in [0.15, 0.2) is 0 Å². The normalized spacial score (nSPS) is 24.5. The molecular weight excluding hydrogens is 524 g/mol. The van der Waals surface area contributed by atoms with Gasteiger partial charge in [0.2, 0.25) is 0 Å². The summed E-state index contributed by atoms with van der Waals surface area (Å²) in [7, 11) is -1.17. The average molecular weight is 565 g/mol.